The number of nitrogens with zero attached hydrogens (tertiary/aromatic N) is 5. The maximum atomic E-state index is 14.5. The first-order valence-electron chi connectivity index (χ1n) is 13.3. The van der Waals surface area contributed by atoms with Crippen molar-refractivity contribution in [3.63, 3.8) is 0 Å². The van der Waals surface area contributed by atoms with Crippen molar-refractivity contribution in [2.75, 3.05) is 49.7 Å². The van der Waals surface area contributed by atoms with E-state index in [1.54, 1.807) is 4.90 Å². The van der Waals surface area contributed by atoms with E-state index in [1.807, 2.05) is 30.3 Å². The molecule has 0 spiro atoms. The van der Waals surface area contributed by atoms with Gasteiger partial charge in [0.2, 0.25) is 0 Å². The highest BCUT2D eigenvalue weighted by Gasteiger charge is 2.49. The zero-order valence-corrected chi connectivity index (χ0v) is 22.0. The van der Waals surface area contributed by atoms with Crippen LogP contribution in [0.25, 0.3) is 10.8 Å². The average Bonchev–Trinajstić information content (AvgIpc) is 3.42. The fraction of sp³-hybridized carbons (Fsp3) is 0.500. The monoisotopic (exact) mass is 541 g/mol. The molecular weight excluding hydrogens is 512 g/mol. The number of benzene rings is 2. The lowest BCUT2D eigenvalue weighted by molar-refractivity contribution is 0.00729. The van der Waals surface area contributed by atoms with Crippen molar-refractivity contribution in [1.82, 2.24) is 14.9 Å². The Balaban J connectivity index is 1.30. The quantitative estimate of drug-likeness (QED) is 0.457. The molecule has 5 heterocycles. The van der Waals surface area contributed by atoms with Gasteiger partial charge in [-0.05, 0) is 44.0 Å². The standard InChI is InChI=1S/C28H30ClF2N5O2/c1-34-10-4-7-18(34)14-38-27-32-21-12-35(22-9-3-6-17-5-2-8-20(29)24(17)22)13-23-25(21)26(33-27)36-16-28(30,31)11-19(36)15-37-23/h2-3,5-6,8-9,18-19,23H,4,7,10-16H2,1H3/t18-,19-,23?/m0/s1. The van der Waals surface area contributed by atoms with Crippen LogP contribution in [0.2, 0.25) is 5.02 Å². The van der Waals surface area contributed by atoms with Gasteiger partial charge in [0.1, 0.15) is 18.5 Å². The van der Waals surface area contributed by atoms with Crippen LogP contribution < -0.4 is 14.5 Å². The average molecular weight is 542 g/mol. The number of aromatic nitrogens is 2. The molecule has 200 valence electrons. The van der Waals surface area contributed by atoms with Crippen molar-refractivity contribution in [3.8, 4) is 6.01 Å². The third-order valence-corrected chi connectivity index (χ3v) is 8.74. The predicted molar refractivity (Wildman–Crippen MR) is 143 cm³/mol. The van der Waals surface area contributed by atoms with Crippen LogP contribution >= 0.6 is 11.6 Å². The summed E-state index contributed by atoms with van der Waals surface area (Å²) in [7, 11) is 2.09. The van der Waals surface area contributed by atoms with Crippen molar-refractivity contribution in [2.45, 2.75) is 49.9 Å². The van der Waals surface area contributed by atoms with Gasteiger partial charge in [-0.25, -0.2) is 8.78 Å². The SMILES string of the molecule is CN1CCC[C@H]1COc1nc2c3c(n1)N1CC(F)(F)C[C@H]1COC3CN(c1cccc3cccc(Cl)c13)C2. The van der Waals surface area contributed by atoms with Gasteiger partial charge in [-0.2, -0.15) is 9.97 Å². The second kappa shape index (κ2) is 9.17. The molecule has 4 aliphatic rings. The molecule has 2 fully saturated rings. The highest BCUT2D eigenvalue weighted by Crippen LogP contribution is 2.46. The Bertz CT molecular complexity index is 1390. The summed E-state index contributed by atoms with van der Waals surface area (Å²) in [5.74, 6) is -2.25. The zero-order chi connectivity index (χ0) is 26.0. The zero-order valence-electron chi connectivity index (χ0n) is 21.2. The van der Waals surface area contributed by atoms with E-state index in [4.69, 9.17) is 31.0 Å². The van der Waals surface area contributed by atoms with Crippen molar-refractivity contribution in [2.24, 2.45) is 0 Å². The summed E-state index contributed by atoms with van der Waals surface area (Å²) >= 11 is 6.66. The van der Waals surface area contributed by atoms with Gasteiger partial charge in [-0.15, -0.1) is 0 Å². The number of hydrogen-bond donors (Lipinski definition) is 0. The van der Waals surface area contributed by atoms with Gasteiger partial charge in [-0.1, -0.05) is 35.9 Å². The van der Waals surface area contributed by atoms with E-state index < -0.39 is 12.0 Å². The maximum absolute atomic E-state index is 14.5. The molecule has 0 bridgehead atoms. The van der Waals surface area contributed by atoms with E-state index in [-0.39, 0.29) is 31.7 Å². The molecule has 4 aliphatic heterocycles. The lowest BCUT2D eigenvalue weighted by Crippen LogP contribution is -2.37. The molecule has 7 nitrogen and oxygen atoms in total. The number of hydrogen-bond acceptors (Lipinski definition) is 7. The van der Waals surface area contributed by atoms with Crippen LogP contribution in [0.15, 0.2) is 36.4 Å². The second-order valence-electron chi connectivity index (χ2n) is 10.9. The van der Waals surface area contributed by atoms with Crippen LogP contribution in [0.3, 0.4) is 0 Å². The first kappa shape index (κ1) is 24.3. The molecule has 0 saturated carbocycles. The minimum Gasteiger partial charge on any atom is -0.462 e. The molecule has 2 saturated heterocycles. The largest absolute Gasteiger partial charge is 0.462 e. The Hall–Kier alpha value is -2.75. The van der Waals surface area contributed by atoms with Crippen LogP contribution in [-0.4, -0.2) is 72.8 Å². The van der Waals surface area contributed by atoms with Gasteiger partial charge < -0.3 is 24.2 Å². The lowest BCUT2D eigenvalue weighted by Gasteiger charge is -2.36. The maximum Gasteiger partial charge on any atom is 0.318 e. The summed E-state index contributed by atoms with van der Waals surface area (Å²) in [4.78, 5) is 15.8. The smallest absolute Gasteiger partial charge is 0.318 e. The van der Waals surface area contributed by atoms with Crippen molar-refractivity contribution in [1.29, 1.82) is 0 Å². The Kier molecular flexibility index (Phi) is 5.87. The van der Waals surface area contributed by atoms with E-state index in [0.717, 1.165) is 47.1 Å². The molecular formula is C28H30ClF2N5O2. The number of likely N-dealkylation sites (N-methyl/N-ethyl adjacent to an activating group) is 1. The number of ether oxygens (including phenoxy) is 2. The Labute approximate surface area is 225 Å². The van der Waals surface area contributed by atoms with Gasteiger partial charge in [0.05, 0.1) is 36.5 Å². The first-order valence-corrected chi connectivity index (χ1v) is 13.7. The lowest BCUT2D eigenvalue weighted by atomic mass is 9.99. The Morgan fingerprint density at radius 2 is 2.03 bits per heavy atom. The van der Waals surface area contributed by atoms with Gasteiger partial charge in [-0.3, -0.25) is 0 Å². The van der Waals surface area contributed by atoms with Gasteiger partial charge >= 0.3 is 6.01 Å². The fourth-order valence-corrected chi connectivity index (χ4v) is 6.77. The van der Waals surface area contributed by atoms with Gasteiger partial charge in [0, 0.05) is 35.6 Å². The summed E-state index contributed by atoms with van der Waals surface area (Å²) in [6.45, 7) is 2.38. The fourth-order valence-electron chi connectivity index (χ4n) is 6.49. The number of rotatable bonds is 4. The van der Waals surface area contributed by atoms with E-state index in [9.17, 15) is 8.78 Å². The van der Waals surface area contributed by atoms with Crippen molar-refractivity contribution in [3.05, 3.63) is 52.7 Å². The molecule has 1 unspecified atom stereocenters. The normalized spacial score (nSPS) is 26.4. The number of alkyl halides is 2. The third-order valence-electron chi connectivity index (χ3n) is 8.42. The Morgan fingerprint density at radius 3 is 2.84 bits per heavy atom. The summed E-state index contributed by atoms with van der Waals surface area (Å²) in [5.41, 5.74) is 2.55. The van der Waals surface area contributed by atoms with Crippen LogP contribution in [0.4, 0.5) is 20.3 Å². The summed E-state index contributed by atoms with van der Waals surface area (Å²) in [6, 6.07) is 12.1. The predicted octanol–water partition coefficient (Wildman–Crippen LogP) is 5.06. The number of anilines is 2. The van der Waals surface area contributed by atoms with E-state index in [2.05, 4.69) is 22.9 Å². The minimum atomic E-state index is -2.79. The topological polar surface area (TPSA) is 54.0 Å². The Morgan fingerprint density at radius 1 is 1.18 bits per heavy atom. The molecule has 38 heavy (non-hydrogen) atoms. The van der Waals surface area contributed by atoms with Crippen molar-refractivity contribution < 1.29 is 18.3 Å². The number of halogens is 3. The van der Waals surface area contributed by atoms with E-state index in [0.29, 0.717) is 36.6 Å². The van der Waals surface area contributed by atoms with Crippen LogP contribution in [0.1, 0.15) is 36.6 Å². The summed E-state index contributed by atoms with van der Waals surface area (Å²) < 4.78 is 41.5. The van der Waals surface area contributed by atoms with Crippen molar-refractivity contribution >= 4 is 33.9 Å². The molecule has 1 aromatic heterocycles. The summed E-state index contributed by atoms with van der Waals surface area (Å²) in [6.07, 6.45) is 1.60. The molecule has 7 rings (SSSR count). The molecule has 10 heteroatoms. The number of likely N-dealkylation sites (tertiary alicyclic amines) is 1. The molecule has 0 N–H and O–H groups in total. The second-order valence-corrected chi connectivity index (χ2v) is 11.3. The van der Waals surface area contributed by atoms with Crippen LogP contribution in [0.5, 0.6) is 6.01 Å². The molecule has 0 aliphatic carbocycles. The highest BCUT2D eigenvalue weighted by molar-refractivity contribution is 6.36. The molecule has 2 aromatic carbocycles. The third kappa shape index (κ3) is 4.15. The molecule has 3 atom stereocenters. The van der Waals surface area contributed by atoms with Crippen LogP contribution in [-0.2, 0) is 11.3 Å². The highest BCUT2D eigenvalue weighted by atomic mass is 35.5. The van der Waals surface area contributed by atoms with Gasteiger partial charge in [0.15, 0.2) is 0 Å². The van der Waals surface area contributed by atoms with Crippen LogP contribution in [0, 0.1) is 0 Å². The van der Waals surface area contributed by atoms with Gasteiger partial charge in [0.25, 0.3) is 5.92 Å². The molecule has 0 amide bonds. The first-order chi connectivity index (χ1) is 18.4. The molecule has 0 radical (unpaired) electrons. The molecule has 3 aromatic rings. The number of fused-ring (bicyclic) bond motifs is 3. The van der Waals surface area contributed by atoms with E-state index in [1.165, 1.54) is 0 Å². The summed E-state index contributed by atoms with van der Waals surface area (Å²) in [5, 5.41) is 2.71. The minimum absolute atomic E-state index is 0.212. The van der Waals surface area contributed by atoms with E-state index >= 15 is 0 Å².